The van der Waals surface area contributed by atoms with Gasteiger partial charge in [0.1, 0.15) is 6.61 Å². The molecule has 0 spiro atoms. The third kappa shape index (κ3) is 4.03. The second-order valence-corrected chi connectivity index (χ2v) is 8.34. The van der Waals surface area contributed by atoms with E-state index in [0.29, 0.717) is 6.61 Å². The Bertz CT molecular complexity index is 1070. The van der Waals surface area contributed by atoms with Crippen molar-refractivity contribution in [1.82, 2.24) is 0 Å². The summed E-state index contributed by atoms with van der Waals surface area (Å²) in [6.07, 6.45) is 4.66. The Morgan fingerprint density at radius 1 is 0.833 bits per heavy atom. The minimum Gasteiger partial charge on any atom is -0.475 e. The lowest BCUT2D eigenvalue weighted by molar-refractivity contribution is 0.280. The highest BCUT2D eigenvalue weighted by Crippen LogP contribution is 2.24. The number of aryl methyl sites for hydroxylation is 4. The molecule has 3 aromatic carbocycles. The van der Waals surface area contributed by atoms with Crippen LogP contribution in [0, 0.1) is 0 Å². The second-order valence-electron chi connectivity index (χ2n) is 8.34. The zero-order chi connectivity index (χ0) is 20.3. The van der Waals surface area contributed by atoms with Crippen LogP contribution in [0.5, 0.6) is 0 Å². The average molecular weight is 398 g/mol. The van der Waals surface area contributed by atoms with Crippen molar-refractivity contribution >= 4 is 5.90 Å². The van der Waals surface area contributed by atoms with E-state index in [2.05, 4.69) is 60.7 Å². The largest absolute Gasteiger partial charge is 0.475 e. The Hall–Kier alpha value is -2.91. The van der Waals surface area contributed by atoms with Crippen LogP contribution in [0.3, 0.4) is 0 Å². The standard InChI is InChI=1S/C27H27NO2/c29-17-24-14-20-6-7-21-9-11-23(13-12-22(24)10-8-20)26(16-21)27-28-25(18-30-27)15-19-4-2-1-3-5-19/h1-5,8-11,14,16,25,29H,6-7,12-13,15,17-18H2/t25-/m0/s1. The van der Waals surface area contributed by atoms with Gasteiger partial charge in [0.2, 0.25) is 5.90 Å². The van der Waals surface area contributed by atoms with Crippen molar-refractivity contribution in [3.8, 4) is 0 Å². The number of benzene rings is 3. The summed E-state index contributed by atoms with van der Waals surface area (Å²) in [6.45, 7) is 0.744. The van der Waals surface area contributed by atoms with Crippen molar-refractivity contribution in [3.05, 3.63) is 106 Å². The van der Waals surface area contributed by atoms with Crippen LogP contribution in [-0.2, 0) is 43.4 Å². The molecule has 1 atom stereocenters. The maximum atomic E-state index is 9.81. The minimum absolute atomic E-state index is 0.102. The molecular formula is C27H27NO2. The van der Waals surface area contributed by atoms with Crippen molar-refractivity contribution < 1.29 is 9.84 Å². The summed E-state index contributed by atoms with van der Waals surface area (Å²) in [5.74, 6) is 0.793. The molecule has 8 rings (SSSR count). The predicted octanol–water partition coefficient (Wildman–Crippen LogP) is 4.45. The maximum Gasteiger partial charge on any atom is 0.216 e. The molecule has 3 heteroatoms. The Morgan fingerprint density at radius 2 is 1.57 bits per heavy atom. The number of aliphatic hydroxyl groups excluding tert-OH is 1. The zero-order valence-corrected chi connectivity index (χ0v) is 17.2. The first-order valence-electron chi connectivity index (χ1n) is 10.9. The summed E-state index contributed by atoms with van der Waals surface area (Å²) < 4.78 is 6.09. The van der Waals surface area contributed by atoms with Gasteiger partial charge in [0, 0.05) is 5.56 Å². The number of ether oxygens (including phenoxy) is 1. The first-order chi connectivity index (χ1) is 14.8. The fourth-order valence-electron chi connectivity index (χ4n) is 4.53. The van der Waals surface area contributed by atoms with Crippen LogP contribution in [0.1, 0.15) is 38.9 Å². The van der Waals surface area contributed by atoms with Gasteiger partial charge in [0.25, 0.3) is 0 Å². The lowest BCUT2D eigenvalue weighted by Gasteiger charge is -2.16. The molecular weight excluding hydrogens is 370 g/mol. The maximum absolute atomic E-state index is 9.81. The molecule has 4 aliphatic carbocycles. The van der Waals surface area contributed by atoms with E-state index in [1.165, 1.54) is 27.8 Å². The SMILES string of the molecule is OCc1cc2ccc1CCc1ccc(cc1C1=N[C@@H](Cc3ccccc3)CO1)CC2. The average Bonchev–Trinajstić information content (AvgIpc) is 3.24. The summed E-state index contributed by atoms with van der Waals surface area (Å²) in [5, 5.41) is 9.81. The molecule has 0 amide bonds. The van der Waals surface area contributed by atoms with Crippen LogP contribution in [-0.4, -0.2) is 23.7 Å². The quantitative estimate of drug-likeness (QED) is 0.707. The lowest BCUT2D eigenvalue weighted by Crippen LogP contribution is -2.10. The van der Waals surface area contributed by atoms with Gasteiger partial charge in [-0.25, -0.2) is 4.99 Å². The molecule has 0 saturated heterocycles. The van der Waals surface area contributed by atoms with Crippen LogP contribution in [0.15, 0.2) is 71.7 Å². The Kier molecular flexibility index (Phi) is 5.37. The third-order valence-electron chi connectivity index (χ3n) is 6.24. The van der Waals surface area contributed by atoms with Crippen molar-refractivity contribution in [1.29, 1.82) is 0 Å². The van der Waals surface area contributed by atoms with E-state index < -0.39 is 0 Å². The highest BCUT2D eigenvalue weighted by Gasteiger charge is 2.23. The minimum atomic E-state index is 0.102. The summed E-state index contributed by atoms with van der Waals surface area (Å²) in [7, 11) is 0. The van der Waals surface area contributed by atoms with Crippen molar-refractivity contribution in [2.45, 2.75) is 44.8 Å². The van der Waals surface area contributed by atoms with Gasteiger partial charge >= 0.3 is 0 Å². The number of aliphatic imine (C=N–C) groups is 1. The van der Waals surface area contributed by atoms with Gasteiger partial charge in [-0.15, -0.1) is 0 Å². The number of hydrogen-bond acceptors (Lipinski definition) is 3. The first-order valence-corrected chi connectivity index (χ1v) is 10.9. The highest BCUT2D eigenvalue weighted by atomic mass is 16.5. The normalized spacial score (nSPS) is 17.9. The molecule has 1 heterocycles. The summed E-state index contributed by atoms with van der Waals surface area (Å²) >= 11 is 0. The summed E-state index contributed by atoms with van der Waals surface area (Å²) in [6, 6.07) is 24.0. The van der Waals surface area contributed by atoms with Gasteiger partial charge in [-0.05, 0) is 71.6 Å². The molecule has 3 nitrogen and oxygen atoms in total. The third-order valence-corrected chi connectivity index (χ3v) is 6.24. The number of hydrogen-bond donors (Lipinski definition) is 1. The molecule has 5 aliphatic rings. The fraction of sp³-hybridized carbons (Fsp3) is 0.296. The Labute approximate surface area is 178 Å². The van der Waals surface area contributed by atoms with Crippen molar-refractivity contribution in [2.75, 3.05) is 6.61 Å². The molecule has 0 aromatic heterocycles. The van der Waals surface area contributed by atoms with Gasteiger partial charge in [-0.2, -0.15) is 0 Å². The molecule has 3 aromatic rings. The van der Waals surface area contributed by atoms with E-state index in [1.54, 1.807) is 0 Å². The second kappa shape index (κ2) is 8.45. The molecule has 0 saturated carbocycles. The lowest BCUT2D eigenvalue weighted by atomic mass is 9.91. The van der Waals surface area contributed by atoms with Gasteiger partial charge < -0.3 is 9.84 Å². The van der Waals surface area contributed by atoms with E-state index in [4.69, 9.17) is 9.73 Å². The van der Waals surface area contributed by atoms with E-state index in [9.17, 15) is 5.11 Å². The van der Waals surface area contributed by atoms with Crippen LogP contribution in [0.2, 0.25) is 0 Å². The van der Waals surface area contributed by atoms with Gasteiger partial charge in [0.05, 0.1) is 12.6 Å². The van der Waals surface area contributed by atoms with E-state index >= 15 is 0 Å². The van der Waals surface area contributed by atoms with E-state index in [1.807, 2.05) is 6.07 Å². The van der Waals surface area contributed by atoms with E-state index in [-0.39, 0.29) is 12.6 Å². The first kappa shape index (κ1) is 19.1. The molecule has 0 radical (unpaired) electrons. The number of aliphatic hydroxyl groups is 1. The predicted molar refractivity (Wildman–Crippen MR) is 120 cm³/mol. The number of nitrogens with zero attached hydrogens (tertiary/aromatic N) is 1. The highest BCUT2D eigenvalue weighted by molar-refractivity contribution is 5.96. The van der Waals surface area contributed by atoms with Crippen molar-refractivity contribution in [3.63, 3.8) is 0 Å². The molecule has 1 aliphatic heterocycles. The van der Waals surface area contributed by atoms with Gasteiger partial charge in [0.15, 0.2) is 0 Å². The van der Waals surface area contributed by atoms with Gasteiger partial charge in [-0.1, -0.05) is 60.7 Å². The monoisotopic (exact) mass is 397 g/mol. The molecule has 0 unspecified atom stereocenters. The molecule has 30 heavy (non-hydrogen) atoms. The van der Waals surface area contributed by atoms with Crippen LogP contribution in [0.25, 0.3) is 0 Å². The Balaban J connectivity index is 1.44. The number of rotatable bonds is 4. The van der Waals surface area contributed by atoms with Crippen molar-refractivity contribution in [2.24, 2.45) is 4.99 Å². The zero-order valence-electron chi connectivity index (χ0n) is 17.2. The molecule has 4 bridgehead atoms. The van der Waals surface area contributed by atoms with E-state index in [0.717, 1.165) is 49.1 Å². The molecule has 0 fully saturated rings. The Morgan fingerprint density at radius 3 is 2.37 bits per heavy atom. The van der Waals surface area contributed by atoms with Crippen LogP contribution >= 0.6 is 0 Å². The molecule has 1 N–H and O–H groups in total. The van der Waals surface area contributed by atoms with Crippen LogP contribution in [0.4, 0.5) is 0 Å². The summed E-state index contributed by atoms with van der Waals surface area (Å²) in [5.41, 5.74) is 8.59. The molecule has 152 valence electrons. The van der Waals surface area contributed by atoms with Gasteiger partial charge in [-0.3, -0.25) is 0 Å². The fourth-order valence-corrected chi connectivity index (χ4v) is 4.53. The summed E-state index contributed by atoms with van der Waals surface area (Å²) in [4.78, 5) is 4.95. The smallest absolute Gasteiger partial charge is 0.216 e. The topological polar surface area (TPSA) is 41.8 Å². The van der Waals surface area contributed by atoms with Crippen LogP contribution < -0.4 is 0 Å².